The van der Waals surface area contributed by atoms with E-state index in [0.29, 0.717) is 6.54 Å². The highest BCUT2D eigenvalue weighted by Crippen LogP contribution is 2.31. The number of aliphatic hydroxyl groups excluding tert-OH is 1. The molecule has 2 aromatic carbocycles. The number of para-hydroxylation sites is 1. The largest absolute Gasteiger partial charge is 0.396 e. The molecule has 2 heterocycles. The SMILES string of the molecule is Cc1c(-c2ccccc2)nc2ccccc2c1C(=O)N1CCC[C@@H](CO)C1. The third-order valence-electron chi connectivity index (χ3n) is 5.46. The zero-order chi connectivity index (χ0) is 18.8. The van der Waals surface area contributed by atoms with Crippen LogP contribution < -0.4 is 0 Å². The minimum Gasteiger partial charge on any atom is -0.396 e. The molecule has 0 spiro atoms. The summed E-state index contributed by atoms with van der Waals surface area (Å²) in [5, 5.41) is 10.4. The molecule has 1 N–H and O–H groups in total. The lowest BCUT2D eigenvalue weighted by molar-refractivity contribution is 0.0622. The van der Waals surface area contributed by atoms with E-state index in [0.717, 1.165) is 52.7 Å². The van der Waals surface area contributed by atoms with Gasteiger partial charge in [-0.05, 0) is 37.3 Å². The van der Waals surface area contributed by atoms with Crippen molar-refractivity contribution in [2.24, 2.45) is 5.92 Å². The predicted octanol–water partition coefficient (Wildman–Crippen LogP) is 4.05. The first kappa shape index (κ1) is 17.7. The van der Waals surface area contributed by atoms with Crippen LogP contribution in [0.2, 0.25) is 0 Å². The maximum atomic E-state index is 13.5. The number of fused-ring (bicyclic) bond motifs is 1. The van der Waals surface area contributed by atoms with Crippen molar-refractivity contribution in [1.82, 2.24) is 9.88 Å². The van der Waals surface area contributed by atoms with Crippen molar-refractivity contribution in [2.75, 3.05) is 19.7 Å². The standard InChI is InChI=1S/C23H24N2O2/c1-16-21(23(27)25-13-7-8-17(14-25)15-26)19-11-5-6-12-20(19)24-22(16)18-9-3-2-4-10-18/h2-6,9-12,17,26H,7-8,13-15H2,1H3/t17-/m1/s1. The molecule has 1 saturated heterocycles. The van der Waals surface area contributed by atoms with Gasteiger partial charge in [-0.1, -0.05) is 48.5 Å². The lowest BCUT2D eigenvalue weighted by atomic mass is 9.94. The van der Waals surface area contributed by atoms with Crippen molar-refractivity contribution < 1.29 is 9.90 Å². The van der Waals surface area contributed by atoms with Crippen LogP contribution in [0.4, 0.5) is 0 Å². The van der Waals surface area contributed by atoms with Crippen molar-refractivity contribution in [3.05, 3.63) is 65.7 Å². The molecule has 1 atom stereocenters. The van der Waals surface area contributed by atoms with Crippen molar-refractivity contribution in [2.45, 2.75) is 19.8 Å². The molecule has 1 aliphatic rings. The Hall–Kier alpha value is -2.72. The summed E-state index contributed by atoms with van der Waals surface area (Å²) in [6, 6.07) is 17.9. The average Bonchev–Trinajstić information content (AvgIpc) is 2.73. The number of carbonyl (C=O) groups is 1. The first-order chi connectivity index (χ1) is 13.2. The van der Waals surface area contributed by atoms with Gasteiger partial charge in [0.1, 0.15) is 0 Å². The molecule has 1 amide bonds. The molecule has 0 bridgehead atoms. The molecule has 0 unspecified atom stereocenters. The average molecular weight is 360 g/mol. The van der Waals surface area contributed by atoms with E-state index in [2.05, 4.69) is 0 Å². The second-order valence-electron chi connectivity index (χ2n) is 7.29. The Kier molecular flexibility index (Phi) is 4.90. The van der Waals surface area contributed by atoms with Crippen molar-refractivity contribution in [3.63, 3.8) is 0 Å². The third kappa shape index (κ3) is 3.33. The Balaban J connectivity index is 1.86. The number of carbonyl (C=O) groups excluding carboxylic acids is 1. The number of aliphatic hydroxyl groups is 1. The fraction of sp³-hybridized carbons (Fsp3) is 0.304. The smallest absolute Gasteiger partial charge is 0.254 e. The van der Waals surface area contributed by atoms with Crippen LogP contribution in [0.25, 0.3) is 22.2 Å². The lowest BCUT2D eigenvalue weighted by Gasteiger charge is -2.32. The quantitative estimate of drug-likeness (QED) is 0.766. The Bertz CT molecular complexity index is 969. The summed E-state index contributed by atoms with van der Waals surface area (Å²) in [5.74, 6) is 0.214. The maximum Gasteiger partial charge on any atom is 0.254 e. The number of hydrogen-bond donors (Lipinski definition) is 1. The summed E-state index contributed by atoms with van der Waals surface area (Å²) in [6.45, 7) is 3.48. The van der Waals surface area contributed by atoms with Gasteiger partial charge >= 0.3 is 0 Å². The zero-order valence-corrected chi connectivity index (χ0v) is 15.6. The highest BCUT2D eigenvalue weighted by Gasteiger charge is 2.27. The Labute approximate surface area is 159 Å². The molecule has 1 aromatic heterocycles. The van der Waals surface area contributed by atoms with Crippen LogP contribution in [-0.2, 0) is 0 Å². The van der Waals surface area contributed by atoms with Gasteiger partial charge in [0, 0.05) is 30.6 Å². The van der Waals surface area contributed by atoms with E-state index in [1.165, 1.54) is 0 Å². The Morgan fingerprint density at radius 3 is 2.67 bits per heavy atom. The van der Waals surface area contributed by atoms with Gasteiger partial charge in [-0.2, -0.15) is 0 Å². The summed E-state index contributed by atoms with van der Waals surface area (Å²) in [6.07, 6.45) is 1.91. The fourth-order valence-electron chi connectivity index (χ4n) is 4.02. The van der Waals surface area contributed by atoms with Crippen LogP contribution in [0, 0.1) is 12.8 Å². The summed E-state index contributed by atoms with van der Waals surface area (Å²) >= 11 is 0. The molecule has 4 heteroatoms. The molecule has 27 heavy (non-hydrogen) atoms. The zero-order valence-electron chi connectivity index (χ0n) is 15.6. The van der Waals surface area contributed by atoms with E-state index in [1.807, 2.05) is 66.4 Å². The summed E-state index contributed by atoms with van der Waals surface area (Å²) in [4.78, 5) is 20.2. The van der Waals surface area contributed by atoms with E-state index in [1.54, 1.807) is 0 Å². The van der Waals surface area contributed by atoms with Gasteiger partial charge in [0.15, 0.2) is 0 Å². The van der Waals surface area contributed by atoms with E-state index >= 15 is 0 Å². The van der Waals surface area contributed by atoms with Gasteiger partial charge in [-0.15, -0.1) is 0 Å². The van der Waals surface area contributed by atoms with Gasteiger partial charge in [0.2, 0.25) is 0 Å². The molecule has 1 fully saturated rings. The monoisotopic (exact) mass is 360 g/mol. The van der Waals surface area contributed by atoms with Crippen LogP contribution in [0.1, 0.15) is 28.8 Å². The predicted molar refractivity (Wildman–Crippen MR) is 108 cm³/mol. The van der Waals surface area contributed by atoms with Crippen LogP contribution in [0.5, 0.6) is 0 Å². The Morgan fingerprint density at radius 1 is 1.15 bits per heavy atom. The van der Waals surface area contributed by atoms with Crippen LogP contribution in [-0.4, -0.2) is 40.6 Å². The molecule has 1 aliphatic heterocycles. The van der Waals surface area contributed by atoms with Crippen molar-refractivity contribution in [3.8, 4) is 11.3 Å². The highest BCUT2D eigenvalue weighted by atomic mass is 16.3. The minimum absolute atomic E-state index is 0.0430. The van der Waals surface area contributed by atoms with Gasteiger partial charge in [0.25, 0.3) is 5.91 Å². The van der Waals surface area contributed by atoms with E-state index in [9.17, 15) is 9.90 Å². The van der Waals surface area contributed by atoms with E-state index < -0.39 is 0 Å². The van der Waals surface area contributed by atoms with Crippen LogP contribution in [0.3, 0.4) is 0 Å². The summed E-state index contributed by atoms with van der Waals surface area (Å²) in [5.41, 5.74) is 4.35. The van der Waals surface area contributed by atoms with Crippen molar-refractivity contribution >= 4 is 16.8 Å². The fourth-order valence-corrected chi connectivity index (χ4v) is 4.02. The third-order valence-corrected chi connectivity index (χ3v) is 5.46. The summed E-state index contributed by atoms with van der Waals surface area (Å²) < 4.78 is 0. The molecule has 0 radical (unpaired) electrons. The van der Waals surface area contributed by atoms with E-state index in [-0.39, 0.29) is 18.4 Å². The van der Waals surface area contributed by atoms with Gasteiger partial charge in [-0.25, -0.2) is 4.98 Å². The number of pyridine rings is 1. The number of hydrogen-bond acceptors (Lipinski definition) is 3. The second-order valence-corrected chi connectivity index (χ2v) is 7.29. The Morgan fingerprint density at radius 2 is 1.89 bits per heavy atom. The summed E-state index contributed by atoms with van der Waals surface area (Å²) in [7, 11) is 0. The molecule has 4 nitrogen and oxygen atoms in total. The minimum atomic E-state index is 0.0430. The van der Waals surface area contributed by atoms with Gasteiger partial charge in [0.05, 0.1) is 16.8 Å². The molecule has 3 aromatic rings. The molecular formula is C23H24N2O2. The number of likely N-dealkylation sites (tertiary alicyclic amines) is 1. The van der Waals surface area contributed by atoms with Crippen LogP contribution in [0.15, 0.2) is 54.6 Å². The topological polar surface area (TPSA) is 53.4 Å². The lowest BCUT2D eigenvalue weighted by Crippen LogP contribution is -2.41. The first-order valence-electron chi connectivity index (χ1n) is 9.54. The number of benzene rings is 2. The molecule has 0 aliphatic carbocycles. The van der Waals surface area contributed by atoms with Crippen LogP contribution >= 0.6 is 0 Å². The number of aromatic nitrogens is 1. The highest BCUT2D eigenvalue weighted by molar-refractivity contribution is 6.08. The molecule has 138 valence electrons. The number of amides is 1. The molecule has 0 saturated carbocycles. The number of rotatable bonds is 3. The van der Waals surface area contributed by atoms with Gasteiger partial charge in [-0.3, -0.25) is 4.79 Å². The van der Waals surface area contributed by atoms with Gasteiger partial charge < -0.3 is 10.0 Å². The molecule has 4 rings (SSSR count). The second kappa shape index (κ2) is 7.49. The maximum absolute atomic E-state index is 13.5. The van der Waals surface area contributed by atoms with E-state index in [4.69, 9.17) is 4.98 Å². The molecular weight excluding hydrogens is 336 g/mol. The number of piperidine rings is 1. The number of nitrogens with zero attached hydrogens (tertiary/aromatic N) is 2. The normalized spacial score (nSPS) is 17.3. The van der Waals surface area contributed by atoms with Crippen molar-refractivity contribution in [1.29, 1.82) is 0 Å². The first-order valence-corrected chi connectivity index (χ1v) is 9.54.